The molecule has 3 aliphatic rings. The molecule has 148 valence electrons. The Balaban J connectivity index is 1.25. The molecule has 0 spiro atoms. The van der Waals surface area contributed by atoms with E-state index in [1.165, 1.54) is 12.8 Å². The number of piperazine rings is 1. The third-order valence-corrected chi connectivity index (χ3v) is 6.30. The second-order valence-corrected chi connectivity index (χ2v) is 8.24. The molecule has 0 radical (unpaired) electrons. The van der Waals surface area contributed by atoms with Crippen LogP contribution in [0.3, 0.4) is 0 Å². The number of hydrogen-bond donors (Lipinski definition) is 0. The molecule has 1 aliphatic carbocycles. The van der Waals surface area contributed by atoms with Crippen LogP contribution in [0.15, 0.2) is 34.7 Å². The molecular weight excluding hydrogens is 354 g/mol. The highest BCUT2D eigenvalue weighted by atomic mass is 16.5. The molecule has 0 N–H and O–H groups in total. The van der Waals surface area contributed by atoms with Crippen LogP contribution in [0, 0.1) is 12.8 Å². The van der Waals surface area contributed by atoms with E-state index in [1.54, 1.807) is 0 Å². The molecule has 1 aromatic heterocycles. The van der Waals surface area contributed by atoms with Crippen molar-refractivity contribution in [3.05, 3.63) is 41.8 Å². The number of amides is 1. The topological polar surface area (TPSA) is 58.8 Å². The zero-order valence-electron chi connectivity index (χ0n) is 16.3. The van der Waals surface area contributed by atoms with Crippen LogP contribution in [0.2, 0.25) is 0 Å². The molecule has 28 heavy (non-hydrogen) atoms. The van der Waals surface area contributed by atoms with Gasteiger partial charge in [0.05, 0.1) is 31.4 Å². The molecule has 2 aliphatic heterocycles. The second-order valence-electron chi connectivity index (χ2n) is 8.24. The van der Waals surface area contributed by atoms with E-state index in [0.717, 1.165) is 55.8 Å². The van der Waals surface area contributed by atoms with Gasteiger partial charge in [-0.05, 0) is 37.8 Å². The summed E-state index contributed by atoms with van der Waals surface area (Å²) >= 11 is 0. The van der Waals surface area contributed by atoms with Crippen molar-refractivity contribution in [2.24, 2.45) is 5.92 Å². The Labute approximate surface area is 165 Å². The zero-order chi connectivity index (χ0) is 19.1. The Morgan fingerprint density at radius 3 is 2.79 bits per heavy atom. The molecule has 1 amide bonds. The summed E-state index contributed by atoms with van der Waals surface area (Å²) in [6, 6.07) is 10.7. The van der Waals surface area contributed by atoms with E-state index in [1.807, 2.05) is 42.2 Å². The van der Waals surface area contributed by atoms with Gasteiger partial charge in [-0.25, -0.2) is 4.98 Å². The first kappa shape index (κ1) is 17.9. The van der Waals surface area contributed by atoms with Gasteiger partial charge < -0.3 is 14.1 Å². The Bertz CT molecular complexity index is 846. The Hall–Kier alpha value is -2.18. The van der Waals surface area contributed by atoms with Crippen molar-refractivity contribution in [3.63, 3.8) is 0 Å². The lowest BCUT2D eigenvalue weighted by Gasteiger charge is -2.48. The third kappa shape index (κ3) is 3.47. The van der Waals surface area contributed by atoms with Crippen LogP contribution in [0.4, 0.5) is 0 Å². The fourth-order valence-electron chi connectivity index (χ4n) is 4.54. The van der Waals surface area contributed by atoms with Gasteiger partial charge in [0.1, 0.15) is 5.76 Å². The van der Waals surface area contributed by atoms with Crippen LogP contribution in [-0.2, 0) is 16.0 Å². The summed E-state index contributed by atoms with van der Waals surface area (Å²) in [7, 11) is 0. The lowest BCUT2D eigenvalue weighted by atomic mass is 10.0. The molecule has 0 unspecified atom stereocenters. The zero-order valence-corrected chi connectivity index (χ0v) is 16.3. The molecule has 6 heteroatoms. The quantitative estimate of drug-likeness (QED) is 0.815. The smallest absolute Gasteiger partial charge is 0.228 e. The molecule has 2 atom stereocenters. The van der Waals surface area contributed by atoms with E-state index in [2.05, 4.69) is 9.88 Å². The lowest BCUT2D eigenvalue weighted by molar-refractivity contribution is -0.139. The van der Waals surface area contributed by atoms with Crippen LogP contribution in [-0.4, -0.2) is 65.6 Å². The van der Waals surface area contributed by atoms with E-state index >= 15 is 0 Å². The predicted molar refractivity (Wildman–Crippen MR) is 105 cm³/mol. The number of nitrogens with zero attached hydrogens (tertiary/aromatic N) is 3. The van der Waals surface area contributed by atoms with Crippen molar-refractivity contribution in [2.45, 2.75) is 38.3 Å². The van der Waals surface area contributed by atoms with Gasteiger partial charge in [-0.15, -0.1) is 0 Å². The summed E-state index contributed by atoms with van der Waals surface area (Å²) in [5, 5.41) is 0. The summed E-state index contributed by atoms with van der Waals surface area (Å²) in [5.74, 6) is 2.24. The van der Waals surface area contributed by atoms with Gasteiger partial charge >= 0.3 is 0 Å². The molecular formula is C22H27N3O3. The Morgan fingerprint density at radius 2 is 2.00 bits per heavy atom. The number of carbonyl (C=O) groups is 1. The number of carbonyl (C=O) groups excluding carboxylic acids is 1. The highest BCUT2D eigenvalue weighted by Crippen LogP contribution is 2.38. The number of ether oxygens (including phenoxy) is 1. The number of rotatable bonds is 4. The van der Waals surface area contributed by atoms with Gasteiger partial charge in [0.2, 0.25) is 11.8 Å². The van der Waals surface area contributed by atoms with Crippen LogP contribution < -0.4 is 0 Å². The van der Waals surface area contributed by atoms with E-state index in [0.29, 0.717) is 24.4 Å². The van der Waals surface area contributed by atoms with Crippen molar-refractivity contribution < 1.29 is 13.9 Å². The van der Waals surface area contributed by atoms with Crippen LogP contribution in [0.5, 0.6) is 0 Å². The molecule has 2 saturated heterocycles. The van der Waals surface area contributed by atoms with Crippen molar-refractivity contribution >= 4 is 5.91 Å². The summed E-state index contributed by atoms with van der Waals surface area (Å²) in [5.41, 5.74) is 1.67. The van der Waals surface area contributed by atoms with Gasteiger partial charge in [0.15, 0.2) is 0 Å². The summed E-state index contributed by atoms with van der Waals surface area (Å²) in [6.07, 6.45) is 2.95. The average molecular weight is 381 g/mol. The normalized spacial score (nSPS) is 25.5. The minimum atomic E-state index is 0.129. The highest BCUT2D eigenvalue weighted by molar-refractivity contribution is 5.79. The van der Waals surface area contributed by atoms with Gasteiger partial charge in [-0.3, -0.25) is 9.69 Å². The first-order chi connectivity index (χ1) is 13.7. The van der Waals surface area contributed by atoms with Crippen molar-refractivity contribution in [1.29, 1.82) is 0 Å². The van der Waals surface area contributed by atoms with Gasteiger partial charge in [0.25, 0.3) is 0 Å². The minimum Gasteiger partial charge on any atom is -0.441 e. The number of benzene rings is 1. The Morgan fingerprint density at radius 1 is 1.18 bits per heavy atom. The second kappa shape index (κ2) is 7.33. The monoisotopic (exact) mass is 381 g/mol. The first-order valence-corrected chi connectivity index (χ1v) is 10.3. The SMILES string of the molecule is Cc1oc(-c2ccccc2)nc1CC(=O)N1CCN2[C@@H](COC[C@@H]2C2CC2)C1. The average Bonchev–Trinajstić information content (AvgIpc) is 3.51. The van der Waals surface area contributed by atoms with Crippen LogP contribution >= 0.6 is 0 Å². The summed E-state index contributed by atoms with van der Waals surface area (Å²) in [6.45, 7) is 5.97. The largest absolute Gasteiger partial charge is 0.441 e. The maximum Gasteiger partial charge on any atom is 0.228 e. The third-order valence-electron chi connectivity index (χ3n) is 6.30. The molecule has 6 nitrogen and oxygen atoms in total. The first-order valence-electron chi connectivity index (χ1n) is 10.3. The van der Waals surface area contributed by atoms with E-state index in [4.69, 9.17) is 9.15 Å². The number of morpholine rings is 1. The molecule has 1 aromatic carbocycles. The molecule has 3 fully saturated rings. The van der Waals surface area contributed by atoms with Crippen molar-refractivity contribution in [2.75, 3.05) is 32.8 Å². The fraction of sp³-hybridized carbons (Fsp3) is 0.545. The lowest BCUT2D eigenvalue weighted by Crippen LogP contribution is -2.63. The summed E-state index contributed by atoms with van der Waals surface area (Å²) < 4.78 is 11.7. The predicted octanol–water partition coefficient (Wildman–Crippen LogP) is 2.51. The van der Waals surface area contributed by atoms with Gasteiger partial charge in [-0.2, -0.15) is 0 Å². The number of fused-ring (bicyclic) bond motifs is 1. The molecule has 0 bridgehead atoms. The number of oxazole rings is 1. The number of aryl methyl sites for hydroxylation is 1. The number of hydrogen-bond acceptors (Lipinski definition) is 5. The maximum atomic E-state index is 13.0. The molecule has 1 saturated carbocycles. The highest BCUT2D eigenvalue weighted by Gasteiger charge is 2.43. The van der Waals surface area contributed by atoms with E-state index in [-0.39, 0.29) is 5.91 Å². The molecule has 5 rings (SSSR count). The maximum absolute atomic E-state index is 13.0. The fourth-order valence-corrected chi connectivity index (χ4v) is 4.54. The van der Waals surface area contributed by atoms with Crippen molar-refractivity contribution in [1.82, 2.24) is 14.8 Å². The van der Waals surface area contributed by atoms with E-state index in [9.17, 15) is 4.79 Å². The van der Waals surface area contributed by atoms with Crippen LogP contribution in [0.25, 0.3) is 11.5 Å². The van der Waals surface area contributed by atoms with E-state index < -0.39 is 0 Å². The molecule has 3 heterocycles. The minimum absolute atomic E-state index is 0.129. The van der Waals surface area contributed by atoms with Gasteiger partial charge in [0, 0.05) is 31.2 Å². The summed E-state index contributed by atoms with van der Waals surface area (Å²) in [4.78, 5) is 22.1. The molecule has 2 aromatic rings. The van der Waals surface area contributed by atoms with Crippen LogP contribution in [0.1, 0.15) is 24.3 Å². The Kier molecular flexibility index (Phi) is 4.69. The standard InChI is InChI=1S/C22H27N3O3/c1-15-19(23-22(28-15)17-5-3-2-4-6-17)11-21(26)24-9-10-25-18(12-24)13-27-14-20(25)16-7-8-16/h2-6,16,18,20H,7-14H2,1H3/t18-,20-/m1/s1. The van der Waals surface area contributed by atoms with Crippen molar-refractivity contribution in [3.8, 4) is 11.5 Å². The van der Waals surface area contributed by atoms with Gasteiger partial charge in [-0.1, -0.05) is 18.2 Å². The number of aromatic nitrogens is 1.